The molecule has 0 aliphatic carbocycles. The summed E-state index contributed by atoms with van der Waals surface area (Å²) in [6.45, 7) is 4.85. The fourth-order valence-corrected chi connectivity index (χ4v) is 3.31. The average Bonchev–Trinajstić information content (AvgIpc) is 2.61. The summed E-state index contributed by atoms with van der Waals surface area (Å²) in [6.07, 6.45) is 0.989. The highest BCUT2D eigenvalue weighted by molar-refractivity contribution is 5.98. The van der Waals surface area contributed by atoms with Crippen molar-refractivity contribution in [2.45, 2.75) is 19.8 Å². The molecular weight excluding hydrogens is 336 g/mol. The summed E-state index contributed by atoms with van der Waals surface area (Å²) in [4.78, 5) is 40.0. The van der Waals surface area contributed by atoms with Crippen molar-refractivity contribution >= 4 is 23.2 Å². The van der Waals surface area contributed by atoms with Gasteiger partial charge in [0.25, 0.3) is 0 Å². The van der Waals surface area contributed by atoms with Gasteiger partial charge < -0.3 is 19.3 Å². The lowest BCUT2D eigenvalue weighted by molar-refractivity contribution is -0.132. The number of phenolic OH excluding ortho intramolecular Hbond substituents is 1. The second-order valence-electron chi connectivity index (χ2n) is 6.67. The zero-order valence-corrected chi connectivity index (χ0v) is 14.9. The molecule has 0 bridgehead atoms. The molecule has 1 aliphatic heterocycles. The molecule has 3 rings (SSSR count). The normalized spacial score (nSPS) is 15.4. The van der Waals surface area contributed by atoms with Crippen molar-refractivity contribution in [3.63, 3.8) is 0 Å². The molecule has 1 aromatic heterocycles. The summed E-state index contributed by atoms with van der Waals surface area (Å²) in [5.74, 6) is -0.204. The maximum absolute atomic E-state index is 12.4. The van der Waals surface area contributed by atoms with Crippen molar-refractivity contribution < 1.29 is 19.1 Å². The summed E-state index contributed by atoms with van der Waals surface area (Å²) in [5.41, 5.74) is 0.572. The second kappa shape index (κ2) is 7.29. The summed E-state index contributed by atoms with van der Waals surface area (Å²) in [5, 5.41) is 10.3. The van der Waals surface area contributed by atoms with Gasteiger partial charge in [-0.05, 0) is 38.1 Å². The van der Waals surface area contributed by atoms with Gasteiger partial charge in [0, 0.05) is 43.5 Å². The van der Waals surface area contributed by atoms with E-state index in [0.29, 0.717) is 35.9 Å². The number of aromatic hydroxyl groups is 1. The molecule has 1 aromatic carbocycles. The van der Waals surface area contributed by atoms with Gasteiger partial charge in [-0.15, -0.1) is 0 Å². The predicted octanol–water partition coefficient (Wildman–Crippen LogP) is 1.33. The standard InChI is InChI=1S/C19H22N2O5/c1-12-13-3-5-16(23)15(11-22)18(13)26-19(25)14(12)4-6-17(24)21-9-7-20(2)8-10-21/h3,5,11,23H,4,6-10H2,1-2H3. The van der Waals surface area contributed by atoms with Crippen molar-refractivity contribution in [2.75, 3.05) is 33.2 Å². The summed E-state index contributed by atoms with van der Waals surface area (Å²) >= 11 is 0. The number of likely N-dealkylation sites (N-methyl/N-ethyl adjacent to an activating group) is 1. The van der Waals surface area contributed by atoms with Gasteiger partial charge in [0.1, 0.15) is 5.75 Å². The molecule has 1 fully saturated rings. The van der Waals surface area contributed by atoms with Crippen molar-refractivity contribution in [2.24, 2.45) is 0 Å². The number of carbonyl (C=O) groups excluding carboxylic acids is 2. The molecule has 1 N–H and O–H groups in total. The Balaban J connectivity index is 1.84. The summed E-state index contributed by atoms with van der Waals surface area (Å²) in [6, 6.07) is 3.01. The van der Waals surface area contributed by atoms with E-state index >= 15 is 0 Å². The van der Waals surface area contributed by atoms with Crippen LogP contribution in [-0.4, -0.2) is 60.3 Å². The fourth-order valence-electron chi connectivity index (χ4n) is 3.31. The molecule has 7 nitrogen and oxygen atoms in total. The predicted molar refractivity (Wildman–Crippen MR) is 96.7 cm³/mol. The highest BCUT2D eigenvalue weighted by Gasteiger charge is 2.21. The van der Waals surface area contributed by atoms with E-state index in [9.17, 15) is 19.5 Å². The number of benzene rings is 1. The number of phenols is 1. The zero-order chi connectivity index (χ0) is 18.8. The summed E-state index contributed by atoms with van der Waals surface area (Å²) < 4.78 is 5.29. The van der Waals surface area contributed by atoms with Gasteiger partial charge in [0.05, 0.1) is 5.56 Å². The van der Waals surface area contributed by atoms with Crippen LogP contribution < -0.4 is 5.63 Å². The zero-order valence-electron chi connectivity index (χ0n) is 14.9. The first-order chi connectivity index (χ1) is 12.4. The van der Waals surface area contributed by atoms with Crippen LogP contribution in [0.2, 0.25) is 0 Å². The maximum Gasteiger partial charge on any atom is 0.339 e. The smallest absolute Gasteiger partial charge is 0.339 e. The Morgan fingerprint density at radius 3 is 2.62 bits per heavy atom. The van der Waals surface area contributed by atoms with Crippen LogP contribution in [0, 0.1) is 6.92 Å². The lowest BCUT2D eigenvalue weighted by Crippen LogP contribution is -2.47. The maximum atomic E-state index is 12.4. The third-order valence-corrected chi connectivity index (χ3v) is 5.03. The number of amides is 1. The number of nitrogens with zero attached hydrogens (tertiary/aromatic N) is 2. The van der Waals surface area contributed by atoms with E-state index in [-0.39, 0.29) is 35.6 Å². The Kier molecular flexibility index (Phi) is 5.08. The fraction of sp³-hybridized carbons (Fsp3) is 0.421. The number of fused-ring (bicyclic) bond motifs is 1. The molecule has 1 amide bonds. The minimum Gasteiger partial charge on any atom is -0.507 e. The number of hydrogen-bond donors (Lipinski definition) is 1. The number of rotatable bonds is 4. The van der Waals surface area contributed by atoms with Crippen molar-refractivity contribution in [3.8, 4) is 5.75 Å². The topological polar surface area (TPSA) is 91.1 Å². The molecule has 2 heterocycles. The lowest BCUT2D eigenvalue weighted by Gasteiger charge is -2.32. The Labute approximate surface area is 150 Å². The molecular formula is C19H22N2O5. The molecule has 1 aliphatic rings. The SMILES string of the molecule is Cc1c(CCC(=O)N2CCN(C)CC2)c(=O)oc2c(C=O)c(O)ccc12. The number of hydrogen-bond acceptors (Lipinski definition) is 6. The van der Waals surface area contributed by atoms with Gasteiger partial charge in [-0.1, -0.05) is 0 Å². The van der Waals surface area contributed by atoms with Crippen LogP contribution in [0.25, 0.3) is 11.0 Å². The van der Waals surface area contributed by atoms with Gasteiger partial charge in [-0.25, -0.2) is 4.79 Å². The molecule has 0 unspecified atom stereocenters. The van der Waals surface area contributed by atoms with Crippen molar-refractivity contribution in [1.82, 2.24) is 9.80 Å². The van der Waals surface area contributed by atoms with E-state index in [1.807, 2.05) is 11.9 Å². The van der Waals surface area contributed by atoms with Crippen molar-refractivity contribution in [3.05, 3.63) is 39.2 Å². The molecule has 1 saturated heterocycles. The average molecular weight is 358 g/mol. The van der Waals surface area contributed by atoms with Crippen LogP contribution in [0.5, 0.6) is 5.75 Å². The van der Waals surface area contributed by atoms with Gasteiger partial charge in [0.2, 0.25) is 5.91 Å². The van der Waals surface area contributed by atoms with E-state index in [0.717, 1.165) is 13.1 Å². The molecule has 138 valence electrons. The first kappa shape index (κ1) is 18.1. The molecule has 26 heavy (non-hydrogen) atoms. The highest BCUT2D eigenvalue weighted by atomic mass is 16.4. The molecule has 0 spiro atoms. The third kappa shape index (κ3) is 3.35. The number of carbonyl (C=O) groups is 2. The van der Waals surface area contributed by atoms with Crippen LogP contribution in [0.4, 0.5) is 0 Å². The highest BCUT2D eigenvalue weighted by Crippen LogP contribution is 2.28. The Hall–Kier alpha value is -2.67. The lowest BCUT2D eigenvalue weighted by atomic mass is 10.00. The number of aldehydes is 1. The quantitative estimate of drug-likeness (QED) is 0.655. The summed E-state index contributed by atoms with van der Waals surface area (Å²) in [7, 11) is 2.02. The number of aryl methyl sites for hydroxylation is 1. The van der Waals surface area contributed by atoms with E-state index in [1.165, 1.54) is 6.07 Å². The first-order valence-electron chi connectivity index (χ1n) is 8.62. The Morgan fingerprint density at radius 1 is 1.27 bits per heavy atom. The van der Waals surface area contributed by atoms with E-state index in [2.05, 4.69) is 4.90 Å². The number of piperazine rings is 1. The molecule has 0 radical (unpaired) electrons. The van der Waals surface area contributed by atoms with Crippen LogP contribution >= 0.6 is 0 Å². The minimum atomic E-state index is -0.574. The van der Waals surface area contributed by atoms with Crippen molar-refractivity contribution in [1.29, 1.82) is 0 Å². The van der Waals surface area contributed by atoms with Crippen LogP contribution in [0.1, 0.15) is 27.9 Å². The minimum absolute atomic E-state index is 0.0243. The van der Waals surface area contributed by atoms with Crippen LogP contribution in [0.15, 0.2) is 21.3 Å². The molecule has 7 heteroatoms. The molecule has 0 saturated carbocycles. The largest absolute Gasteiger partial charge is 0.507 e. The van der Waals surface area contributed by atoms with E-state index < -0.39 is 5.63 Å². The molecule has 2 aromatic rings. The first-order valence-corrected chi connectivity index (χ1v) is 8.62. The van der Waals surface area contributed by atoms with Crippen LogP contribution in [-0.2, 0) is 11.2 Å². The molecule has 0 atom stereocenters. The Morgan fingerprint density at radius 2 is 1.96 bits per heavy atom. The van der Waals surface area contributed by atoms with Gasteiger partial charge >= 0.3 is 5.63 Å². The Bertz CT molecular complexity index is 910. The van der Waals surface area contributed by atoms with Crippen LogP contribution in [0.3, 0.4) is 0 Å². The third-order valence-electron chi connectivity index (χ3n) is 5.03. The monoisotopic (exact) mass is 358 g/mol. The van der Waals surface area contributed by atoms with E-state index in [4.69, 9.17) is 4.42 Å². The van der Waals surface area contributed by atoms with Gasteiger partial charge in [-0.2, -0.15) is 0 Å². The van der Waals surface area contributed by atoms with Gasteiger partial charge in [0.15, 0.2) is 11.9 Å². The second-order valence-corrected chi connectivity index (χ2v) is 6.67. The van der Waals surface area contributed by atoms with E-state index in [1.54, 1.807) is 13.0 Å². The van der Waals surface area contributed by atoms with Gasteiger partial charge in [-0.3, -0.25) is 9.59 Å².